The lowest BCUT2D eigenvalue weighted by molar-refractivity contribution is -0.260. The molecule has 5 nitrogen and oxygen atoms in total. The van der Waals surface area contributed by atoms with Crippen LogP contribution in [-0.4, -0.2) is 40.0 Å². The van der Waals surface area contributed by atoms with Gasteiger partial charge in [-0.1, -0.05) is 40.9 Å². The van der Waals surface area contributed by atoms with E-state index in [-0.39, 0.29) is 20.6 Å². The van der Waals surface area contributed by atoms with E-state index in [1.807, 2.05) is 0 Å². The first-order valence-corrected chi connectivity index (χ1v) is 12.3. The molecule has 2 rings (SSSR count). The van der Waals surface area contributed by atoms with E-state index >= 15 is 0 Å². The van der Waals surface area contributed by atoms with Crippen LogP contribution in [0.15, 0.2) is 30.3 Å². The molecule has 0 aliphatic heterocycles. The molecule has 0 radical (unpaired) electrons. The molecule has 194 valence electrons. The van der Waals surface area contributed by atoms with Gasteiger partial charge in [-0.3, -0.25) is 9.00 Å². The topological polar surface area (TPSA) is 78.4 Å². The maximum absolute atomic E-state index is 13.8. The highest BCUT2D eigenvalue weighted by molar-refractivity contribution is 7.85. The lowest BCUT2D eigenvalue weighted by Crippen LogP contribution is -2.47. The Balaban J connectivity index is 2.35. The van der Waals surface area contributed by atoms with Gasteiger partial charge in [-0.15, -0.1) is 0 Å². The summed E-state index contributed by atoms with van der Waals surface area (Å²) in [6.07, 6.45) is -8.95. The zero-order valence-electron chi connectivity index (χ0n) is 17.6. The fourth-order valence-corrected chi connectivity index (χ4v) is 3.99. The summed E-state index contributed by atoms with van der Waals surface area (Å²) in [6.45, 7) is -1.85. The van der Waals surface area contributed by atoms with Crippen LogP contribution in [0.3, 0.4) is 0 Å². The molecular formula is C20H17Cl3F6N2O3S. The van der Waals surface area contributed by atoms with Crippen LogP contribution in [0, 0.1) is 0 Å². The van der Waals surface area contributed by atoms with Gasteiger partial charge in [0.1, 0.15) is 5.75 Å². The molecule has 0 bridgehead atoms. The van der Waals surface area contributed by atoms with Crippen molar-refractivity contribution in [2.75, 3.05) is 23.9 Å². The molecular weight excluding hydrogens is 569 g/mol. The first kappa shape index (κ1) is 29.5. The van der Waals surface area contributed by atoms with Crippen LogP contribution in [0.1, 0.15) is 16.7 Å². The third-order valence-corrected chi connectivity index (χ3v) is 6.57. The van der Waals surface area contributed by atoms with Crippen LogP contribution >= 0.6 is 34.8 Å². The number of rotatable bonds is 8. The highest BCUT2D eigenvalue weighted by Crippen LogP contribution is 2.43. The van der Waals surface area contributed by atoms with Crippen LogP contribution in [-0.2, 0) is 33.9 Å². The van der Waals surface area contributed by atoms with Gasteiger partial charge in [0.05, 0.1) is 27.2 Å². The van der Waals surface area contributed by atoms with Gasteiger partial charge in [-0.2, -0.15) is 26.3 Å². The Bertz CT molecular complexity index is 1110. The number of carbonyl (C=O) groups excluding carboxylic acids is 1. The first-order valence-electron chi connectivity index (χ1n) is 9.40. The Morgan fingerprint density at radius 3 is 2.09 bits per heavy atom. The maximum Gasteiger partial charge on any atom is 0.423 e. The van der Waals surface area contributed by atoms with E-state index in [2.05, 4.69) is 10.6 Å². The van der Waals surface area contributed by atoms with Crippen molar-refractivity contribution in [3.05, 3.63) is 62.1 Å². The van der Waals surface area contributed by atoms with Crippen molar-refractivity contribution in [3.63, 3.8) is 0 Å². The number of alkyl halides is 6. The molecule has 2 atom stereocenters. The SMILES string of the molecule is C[S@](=O)CC(=O)NCc1ccc(NC[C@](O)(c2cc(Cl)c(Cl)c(Cl)c2)C(F)(F)F)cc1C(F)(F)F. The van der Waals surface area contributed by atoms with Gasteiger partial charge in [0.2, 0.25) is 11.5 Å². The summed E-state index contributed by atoms with van der Waals surface area (Å²) in [6, 6.07) is 4.05. The average molecular weight is 586 g/mol. The second-order valence-corrected chi connectivity index (χ2v) is 9.96. The Morgan fingerprint density at radius 1 is 1.03 bits per heavy atom. The van der Waals surface area contributed by atoms with Crippen LogP contribution in [0.5, 0.6) is 0 Å². The third kappa shape index (κ3) is 7.39. The summed E-state index contributed by atoms with van der Waals surface area (Å²) in [5.41, 5.74) is -6.36. The minimum Gasteiger partial charge on any atom is -0.381 e. The second-order valence-electron chi connectivity index (χ2n) is 7.33. The number of nitrogens with one attached hydrogen (secondary N) is 2. The van der Waals surface area contributed by atoms with E-state index < -0.39 is 70.3 Å². The van der Waals surface area contributed by atoms with E-state index in [1.165, 1.54) is 6.26 Å². The molecule has 0 saturated heterocycles. The minimum absolute atomic E-state index is 0.239. The van der Waals surface area contributed by atoms with E-state index in [0.717, 1.165) is 24.3 Å². The summed E-state index contributed by atoms with van der Waals surface area (Å²) < 4.78 is 93.1. The highest BCUT2D eigenvalue weighted by atomic mass is 35.5. The number of benzene rings is 2. The Morgan fingerprint density at radius 2 is 1.60 bits per heavy atom. The molecule has 0 aromatic heterocycles. The molecule has 2 aromatic rings. The predicted molar refractivity (Wildman–Crippen MR) is 122 cm³/mol. The maximum atomic E-state index is 13.8. The minimum atomic E-state index is -5.28. The molecule has 35 heavy (non-hydrogen) atoms. The number of hydrogen-bond acceptors (Lipinski definition) is 4. The van der Waals surface area contributed by atoms with Crippen LogP contribution < -0.4 is 10.6 Å². The third-order valence-electron chi connectivity index (χ3n) is 4.70. The molecule has 0 spiro atoms. The number of hydrogen-bond donors (Lipinski definition) is 3. The fourth-order valence-electron chi connectivity index (χ4n) is 2.92. The Hall–Kier alpha value is -1.73. The molecule has 1 amide bonds. The summed E-state index contributed by atoms with van der Waals surface area (Å²) in [5.74, 6) is -1.15. The van der Waals surface area contributed by atoms with Gasteiger partial charge in [0.25, 0.3) is 0 Å². The predicted octanol–water partition coefficient (Wildman–Crippen LogP) is 5.52. The lowest BCUT2D eigenvalue weighted by Gasteiger charge is -2.32. The monoisotopic (exact) mass is 584 g/mol. The normalized spacial score (nSPS) is 14.8. The van der Waals surface area contributed by atoms with Crippen molar-refractivity contribution in [1.29, 1.82) is 0 Å². The van der Waals surface area contributed by atoms with Gasteiger partial charge in [0, 0.05) is 29.3 Å². The van der Waals surface area contributed by atoms with E-state index in [0.29, 0.717) is 6.07 Å². The van der Waals surface area contributed by atoms with E-state index in [1.54, 1.807) is 0 Å². The number of anilines is 1. The first-order chi connectivity index (χ1) is 16.0. The Labute approximate surface area is 213 Å². The van der Waals surface area contributed by atoms with Crippen LogP contribution in [0.4, 0.5) is 32.0 Å². The summed E-state index contributed by atoms with van der Waals surface area (Å²) >= 11 is 17.3. The van der Waals surface area contributed by atoms with Crippen molar-refractivity contribution in [2.45, 2.75) is 24.5 Å². The molecule has 0 heterocycles. The quantitative estimate of drug-likeness (QED) is 0.282. The largest absolute Gasteiger partial charge is 0.423 e. The molecule has 15 heteroatoms. The smallest absolute Gasteiger partial charge is 0.381 e. The average Bonchev–Trinajstić information content (AvgIpc) is 2.72. The van der Waals surface area contributed by atoms with Gasteiger partial charge in [-0.25, -0.2) is 0 Å². The standard InChI is InChI=1S/C20H17Cl3F6N2O3S/c1-35(34)8-16(32)30-7-10-2-3-12(6-13(10)19(24,25)26)31-9-18(33,20(27,28)29)11-4-14(21)17(23)15(22)5-11/h2-6,31,33H,7-9H2,1H3,(H,30,32)/t18-,35-/m0/s1. The molecule has 0 fully saturated rings. The van der Waals surface area contributed by atoms with Crippen LogP contribution in [0.25, 0.3) is 0 Å². The van der Waals surface area contributed by atoms with Gasteiger partial charge in [0.15, 0.2) is 0 Å². The van der Waals surface area contributed by atoms with Crippen molar-refractivity contribution in [3.8, 4) is 0 Å². The number of aliphatic hydroxyl groups is 1. The molecule has 2 aromatic carbocycles. The molecule has 0 saturated carbocycles. The highest BCUT2D eigenvalue weighted by Gasteiger charge is 2.55. The number of amides is 1. The zero-order chi connectivity index (χ0) is 26.8. The van der Waals surface area contributed by atoms with Crippen molar-refractivity contribution >= 4 is 57.2 Å². The van der Waals surface area contributed by atoms with Gasteiger partial charge in [-0.05, 0) is 35.4 Å². The van der Waals surface area contributed by atoms with Crippen molar-refractivity contribution < 1.29 is 40.5 Å². The summed E-state index contributed by atoms with van der Waals surface area (Å²) in [5, 5.41) is 13.9. The molecule has 3 N–H and O–H groups in total. The van der Waals surface area contributed by atoms with Crippen LogP contribution in [0.2, 0.25) is 15.1 Å². The van der Waals surface area contributed by atoms with Gasteiger partial charge < -0.3 is 15.7 Å². The zero-order valence-corrected chi connectivity index (χ0v) is 20.7. The molecule has 0 aliphatic carbocycles. The number of halogens is 9. The fraction of sp³-hybridized carbons (Fsp3) is 0.350. The molecule has 0 unspecified atom stereocenters. The van der Waals surface area contributed by atoms with Crippen molar-refractivity contribution in [2.24, 2.45) is 0 Å². The number of carbonyl (C=O) groups is 1. The summed E-state index contributed by atoms with van der Waals surface area (Å²) in [7, 11) is -1.50. The second kappa shape index (κ2) is 11.1. The van der Waals surface area contributed by atoms with Gasteiger partial charge >= 0.3 is 12.4 Å². The molecule has 0 aliphatic rings. The summed E-state index contributed by atoms with van der Waals surface area (Å²) in [4.78, 5) is 11.6. The van der Waals surface area contributed by atoms with E-state index in [9.17, 15) is 40.5 Å². The Kier molecular flexibility index (Phi) is 9.37. The van der Waals surface area contributed by atoms with Crippen molar-refractivity contribution in [1.82, 2.24) is 5.32 Å². The van der Waals surface area contributed by atoms with E-state index in [4.69, 9.17) is 34.8 Å². The lowest BCUT2D eigenvalue weighted by atomic mass is 9.92.